The molecular formula is C22H18ClN3OS. The van der Waals surface area contributed by atoms with Crippen LogP contribution in [0.25, 0.3) is 11.0 Å². The molecule has 0 fully saturated rings. The minimum atomic E-state index is -0.0189. The maximum atomic E-state index is 12.5. The summed E-state index contributed by atoms with van der Waals surface area (Å²) in [7, 11) is 0. The van der Waals surface area contributed by atoms with Gasteiger partial charge in [0.15, 0.2) is 10.9 Å². The van der Waals surface area contributed by atoms with Crippen molar-refractivity contribution in [3.63, 3.8) is 0 Å². The van der Waals surface area contributed by atoms with E-state index < -0.39 is 0 Å². The molecule has 0 amide bonds. The van der Waals surface area contributed by atoms with Gasteiger partial charge in [-0.15, -0.1) is 0 Å². The quantitative estimate of drug-likeness (QED) is 0.305. The van der Waals surface area contributed by atoms with Crippen molar-refractivity contribution in [1.82, 2.24) is 14.5 Å². The van der Waals surface area contributed by atoms with E-state index in [0.29, 0.717) is 10.7 Å². The summed E-state index contributed by atoms with van der Waals surface area (Å²) in [5, 5.41) is 1.43. The van der Waals surface area contributed by atoms with Gasteiger partial charge in [-0.2, -0.15) is 0 Å². The van der Waals surface area contributed by atoms with Crippen LogP contribution in [0.5, 0.6) is 0 Å². The predicted molar refractivity (Wildman–Crippen MR) is 114 cm³/mol. The summed E-state index contributed by atoms with van der Waals surface area (Å²) in [5.74, 6) is 0.255. The van der Waals surface area contributed by atoms with Crippen LogP contribution in [0.3, 0.4) is 0 Å². The Labute approximate surface area is 172 Å². The number of halogens is 1. The van der Waals surface area contributed by atoms with Crippen molar-refractivity contribution < 1.29 is 4.79 Å². The number of benzene rings is 2. The highest BCUT2D eigenvalue weighted by Gasteiger charge is 2.19. The lowest BCUT2D eigenvalue weighted by atomic mass is 10.1. The Morgan fingerprint density at radius 1 is 1.11 bits per heavy atom. The van der Waals surface area contributed by atoms with Crippen LogP contribution in [0.2, 0.25) is 5.02 Å². The molecule has 2 aromatic carbocycles. The first kappa shape index (κ1) is 18.7. The van der Waals surface area contributed by atoms with Gasteiger partial charge in [-0.05, 0) is 42.8 Å². The fraction of sp³-hybridized carbons (Fsp3) is 0.136. The zero-order chi connectivity index (χ0) is 19.5. The summed E-state index contributed by atoms with van der Waals surface area (Å²) in [5.41, 5.74) is 3.46. The zero-order valence-corrected chi connectivity index (χ0v) is 16.8. The van der Waals surface area contributed by atoms with Gasteiger partial charge in [-0.3, -0.25) is 9.78 Å². The first-order chi connectivity index (χ1) is 13.6. The van der Waals surface area contributed by atoms with Crippen LogP contribution >= 0.6 is 23.4 Å². The third-order valence-electron chi connectivity index (χ3n) is 4.57. The van der Waals surface area contributed by atoms with E-state index in [2.05, 4.69) is 28.6 Å². The number of carbonyl (C=O) groups excluding carboxylic acids is 1. The molecule has 0 aliphatic rings. The molecule has 0 saturated heterocycles. The molecule has 0 aliphatic heterocycles. The number of hydrogen-bond donors (Lipinski definition) is 0. The van der Waals surface area contributed by atoms with E-state index in [0.717, 1.165) is 16.2 Å². The van der Waals surface area contributed by atoms with Crippen LogP contribution in [0.1, 0.15) is 29.0 Å². The van der Waals surface area contributed by atoms with E-state index >= 15 is 0 Å². The molecular weight excluding hydrogens is 390 g/mol. The second-order valence-corrected chi connectivity index (χ2v) is 7.79. The van der Waals surface area contributed by atoms with Gasteiger partial charge in [0.25, 0.3) is 0 Å². The van der Waals surface area contributed by atoms with Crippen molar-refractivity contribution >= 4 is 40.2 Å². The minimum Gasteiger partial charge on any atom is -0.312 e. The number of nitrogens with zero attached hydrogens (tertiary/aromatic N) is 3. The Bertz CT molecular complexity index is 1110. The van der Waals surface area contributed by atoms with Crippen LogP contribution in [-0.4, -0.2) is 26.1 Å². The number of ketones is 1. The standard InChI is InChI=1S/C22H18ClN3OS/c1-15(16-7-3-2-4-8-16)26-20-11-10-17(23)13-19(20)25-22(26)28-14-21(27)18-9-5-6-12-24-18/h2-13,15H,14H2,1H3/t15-/m1/s1. The average Bonchev–Trinajstić information content (AvgIpc) is 3.10. The number of carbonyl (C=O) groups is 1. The molecule has 0 spiro atoms. The second kappa shape index (κ2) is 8.17. The topological polar surface area (TPSA) is 47.8 Å². The number of aromatic nitrogens is 3. The molecule has 0 bridgehead atoms. The molecule has 1 atom stereocenters. The van der Waals surface area contributed by atoms with Gasteiger partial charge in [0.2, 0.25) is 0 Å². The number of hydrogen-bond acceptors (Lipinski definition) is 4. The van der Waals surface area contributed by atoms with Gasteiger partial charge < -0.3 is 4.57 Å². The van der Waals surface area contributed by atoms with E-state index in [4.69, 9.17) is 16.6 Å². The van der Waals surface area contributed by atoms with Crippen molar-refractivity contribution in [3.8, 4) is 0 Å². The fourth-order valence-corrected chi connectivity index (χ4v) is 4.27. The Morgan fingerprint density at radius 2 is 1.89 bits per heavy atom. The summed E-state index contributed by atoms with van der Waals surface area (Å²) in [6.45, 7) is 2.13. The summed E-state index contributed by atoms with van der Waals surface area (Å²) >= 11 is 7.59. The minimum absolute atomic E-state index is 0.0189. The molecule has 2 aromatic heterocycles. The van der Waals surface area contributed by atoms with Crippen molar-refractivity contribution in [3.05, 3.63) is 89.2 Å². The number of thioether (sulfide) groups is 1. The Morgan fingerprint density at radius 3 is 2.64 bits per heavy atom. The van der Waals surface area contributed by atoms with Gasteiger partial charge in [0.05, 0.1) is 22.8 Å². The predicted octanol–water partition coefficient (Wildman–Crippen LogP) is 5.67. The maximum Gasteiger partial charge on any atom is 0.191 e. The smallest absolute Gasteiger partial charge is 0.191 e. The van der Waals surface area contributed by atoms with E-state index in [-0.39, 0.29) is 17.6 Å². The van der Waals surface area contributed by atoms with E-state index in [1.165, 1.54) is 17.3 Å². The van der Waals surface area contributed by atoms with Gasteiger partial charge in [-0.25, -0.2) is 4.98 Å². The third kappa shape index (κ3) is 3.81. The van der Waals surface area contributed by atoms with Crippen molar-refractivity contribution in [1.29, 1.82) is 0 Å². The van der Waals surface area contributed by atoms with E-state index in [9.17, 15) is 4.79 Å². The lowest BCUT2D eigenvalue weighted by Gasteiger charge is -2.17. The number of pyridine rings is 1. The lowest BCUT2D eigenvalue weighted by molar-refractivity contribution is 0.101. The van der Waals surface area contributed by atoms with Gasteiger partial charge in [0.1, 0.15) is 5.69 Å². The molecule has 0 N–H and O–H groups in total. The normalized spacial score (nSPS) is 12.2. The van der Waals surface area contributed by atoms with Crippen LogP contribution in [0.4, 0.5) is 0 Å². The number of Topliss-reactive ketones (excluding diaryl/α,β-unsaturated/α-hetero) is 1. The molecule has 4 rings (SSSR count). The molecule has 0 radical (unpaired) electrons. The maximum absolute atomic E-state index is 12.5. The van der Waals surface area contributed by atoms with Crippen LogP contribution in [0.15, 0.2) is 78.1 Å². The molecule has 0 saturated carbocycles. The highest BCUT2D eigenvalue weighted by atomic mass is 35.5. The molecule has 4 nitrogen and oxygen atoms in total. The van der Waals surface area contributed by atoms with Crippen molar-refractivity contribution in [2.45, 2.75) is 18.1 Å². The summed E-state index contributed by atoms with van der Waals surface area (Å²) in [6.07, 6.45) is 1.63. The Balaban J connectivity index is 1.70. The number of rotatable bonds is 6. The number of fused-ring (bicyclic) bond motifs is 1. The second-order valence-electron chi connectivity index (χ2n) is 6.41. The molecule has 140 valence electrons. The van der Waals surface area contributed by atoms with Gasteiger partial charge in [0, 0.05) is 11.2 Å². The molecule has 6 heteroatoms. The Kier molecular flexibility index (Phi) is 5.46. The third-order valence-corrected chi connectivity index (χ3v) is 5.76. The molecule has 0 aliphatic carbocycles. The first-order valence-corrected chi connectivity index (χ1v) is 10.3. The van der Waals surface area contributed by atoms with Crippen LogP contribution in [-0.2, 0) is 0 Å². The Hall–Kier alpha value is -2.63. The fourth-order valence-electron chi connectivity index (χ4n) is 3.14. The number of imidazole rings is 1. The van der Waals surface area contributed by atoms with E-state index in [1.54, 1.807) is 18.3 Å². The summed E-state index contributed by atoms with van der Waals surface area (Å²) < 4.78 is 2.16. The van der Waals surface area contributed by atoms with Gasteiger partial charge >= 0.3 is 0 Å². The SMILES string of the molecule is C[C@H](c1ccccc1)n1c(SCC(=O)c2ccccn2)nc2cc(Cl)ccc21. The van der Waals surface area contributed by atoms with Crippen molar-refractivity contribution in [2.24, 2.45) is 0 Å². The summed E-state index contributed by atoms with van der Waals surface area (Å²) in [4.78, 5) is 21.4. The molecule has 0 unspecified atom stereocenters. The van der Waals surface area contributed by atoms with Crippen molar-refractivity contribution in [2.75, 3.05) is 5.75 Å². The highest BCUT2D eigenvalue weighted by molar-refractivity contribution is 7.99. The zero-order valence-electron chi connectivity index (χ0n) is 15.2. The highest BCUT2D eigenvalue weighted by Crippen LogP contribution is 2.32. The average molecular weight is 408 g/mol. The lowest BCUT2D eigenvalue weighted by Crippen LogP contribution is -2.10. The summed E-state index contributed by atoms with van der Waals surface area (Å²) in [6, 6.07) is 21.4. The molecule has 4 aromatic rings. The molecule has 28 heavy (non-hydrogen) atoms. The van der Waals surface area contributed by atoms with Crippen LogP contribution < -0.4 is 0 Å². The molecule has 2 heterocycles. The van der Waals surface area contributed by atoms with Crippen LogP contribution in [0, 0.1) is 0 Å². The van der Waals surface area contributed by atoms with Gasteiger partial charge in [-0.1, -0.05) is 59.8 Å². The first-order valence-electron chi connectivity index (χ1n) is 8.93. The monoisotopic (exact) mass is 407 g/mol. The largest absolute Gasteiger partial charge is 0.312 e. The van der Waals surface area contributed by atoms with E-state index in [1.807, 2.05) is 42.5 Å².